The van der Waals surface area contributed by atoms with Gasteiger partial charge in [0, 0.05) is 41.1 Å². The summed E-state index contributed by atoms with van der Waals surface area (Å²) in [5.74, 6) is -0.263. The number of anilines is 1. The van der Waals surface area contributed by atoms with E-state index < -0.39 is 5.60 Å². The van der Waals surface area contributed by atoms with Gasteiger partial charge in [0.2, 0.25) is 0 Å². The third-order valence-corrected chi connectivity index (χ3v) is 6.79. The van der Waals surface area contributed by atoms with Gasteiger partial charge in [0.1, 0.15) is 5.60 Å². The van der Waals surface area contributed by atoms with Crippen LogP contribution in [0.1, 0.15) is 46.7 Å². The van der Waals surface area contributed by atoms with Gasteiger partial charge in [-0.2, -0.15) is 0 Å². The molecule has 0 saturated heterocycles. The first-order valence-electron chi connectivity index (χ1n) is 9.73. The van der Waals surface area contributed by atoms with Crippen molar-refractivity contribution in [2.24, 2.45) is 0 Å². The maximum Gasteiger partial charge on any atom is 0.320 e. The van der Waals surface area contributed by atoms with Crippen LogP contribution in [0.25, 0.3) is 0 Å². The van der Waals surface area contributed by atoms with Crippen molar-refractivity contribution in [3.8, 4) is 0 Å². The van der Waals surface area contributed by atoms with Crippen LogP contribution in [-0.4, -0.2) is 47.0 Å². The Morgan fingerprint density at radius 1 is 1.24 bits per heavy atom. The Morgan fingerprint density at radius 2 is 2.03 bits per heavy atom. The highest BCUT2D eigenvalue weighted by Gasteiger charge is 2.31. The lowest BCUT2D eigenvalue weighted by atomic mass is 10.1. The minimum Gasteiger partial charge on any atom is -0.459 e. The number of amides is 1. The average Bonchev–Trinajstić information content (AvgIpc) is 3.24. The number of halogens is 1. The van der Waals surface area contributed by atoms with Gasteiger partial charge in [-0.25, -0.2) is 4.98 Å². The van der Waals surface area contributed by atoms with Crippen LogP contribution in [-0.2, 0) is 28.9 Å². The SMILES string of the molecule is CC(C)(C)OC(=O)CN1CCc2nc(C(=O)N3CCc4c(Br)cccc43)sc2C1. The number of fused-ring (bicyclic) bond motifs is 2. The second kappa shape index (κ2) is 7.81. The van der Waals surface area contributed by atoms with Gasteiger partial charge < -0.3 is 9.64 Å². The fraction of sp³-hybridized carbons (Fsp3) is 0.476. The van der Waals surface area contributed by atoms with Crippen molar-refractivity contribution in [2.75, 3.05) is 24.5 Å². The zero-order valence-electron chi connectivity index (χ0n) is 16.8. The van der Waals surface area contributed by atoms with E-state index in [9.17, 15) is 9.59 Å². The molecule has 0 fully saturated rings. The molecule has 0 saturated carbocycles. The van der Waals surface area contributed by atoms with Crippen molar-refractivity contribution >= 4 is 44.8 Å². The Kier molecular flexibility index (Phi) is 5.52. The highest BCUT2D eigenvalue weighted by Crippen LogP contribution is 2.35. The standard InChI is InChI=1S/C21H24BrN3O3S/c1-21(2,3)28-18(26)12-24-9-8-15-17(11-24)29-19(23-15)20(27)25-10-7-13-14(22)5-4-6-16(13)25/h4-6H,7-12H2,1-3H3. The van der Waals surface area contributed by atoms with Gasteiger partial charge in [0.15, 0.2) is 5.01 Å². The lowest BCUT2D eigenvalue weighted by Gasteiger charge is -2.27. The molecule has 1 aromatic heterocycles. The van der Waals surface area contributed by atoms with Gasteiger partial charge >= 0.3 is 5.97 Å². The summed E-state index contributed by atoms with van der Waals surface area (Å²) in [5.41, 5.74) is 2.63. The fourth-order valence-corrected chi connectivity index (χ4v) is 5.40. The Hall–Kier alpha value is -1.77. The lowest BCUT2D eigenvalue weighted by Crippen LogP contribution is -2.37. The molecule has 0 aliphatic carbocycles. The van der Waals surface area contributed by atoms with Crippen LogP contribution < -0.4 is 4.90 Å². The van der Waals surface area contributed by atoms with E-state index in [4.69, 9.17) is 4.74 Å². The molecule has 2 aromatic rings. The predicted molar refractivity (Wildman–Crippen MR) is 116 cm³/mol. The first-order valence-corrected chi connectivity index (χ1v) is 11.3. The third kappa shape index (κ3) is 4.39. The van der Waals surface area contributed by atoms with E-state index in [1.54, 1.807) is 0 Å². The number of aromatic nitrogens is 1. The van der Waals surface area contributed by atoms with Gasteiger partial charge in [-0.15, -0.1) is 11.3 Å². The van der Waals surface area contributed by atoms with E-state index in [0.717, 1.165) is 40.1 Å². The Bertz CT molecular complexity index is 967. The quantitative estimate of drug-likeness (QED) is 0.628. The minimum absolute atomic E-state index is 0.0417. The molecule has 4 rings (SSSR count). The molecular formula is C21H24BrN3O3S. The monoisotopic (exact) mass is 477 g/mol. The Morgan fingerprint density at radius 3 is 2.79 bits per heavy atom. The summed E-state index contributed by atoms with van der Waals surface area (Å²) in [6.45, 7) is 7.90. The number of carbonyl (C=O) groups is 2. The molecule has 2 aliphatic rings. The summed E-state index contributed by atoms with van der Waals surface area (Å²) in [5, 5.41) is 0.530. The van der Waals surface area contributed by atoms with E-state index in [1.165, 1.54) is 16.9 Å². The van der Waals surface area contributed by atoms with E-state index in [1.807, 2.05) is 43.9 Å². The molecule has 0 atom stereocenters. The molecule has 2 aliphatic heterocycles. The molecule has 0 radical (unpaired) electrons. The van der Waals surface area contributed by atoms with E-state index in [-0.39, 0.29) is 18.4 Å². The van der Waals surface area contributed by atoms with Gasteiger partial charge in [-0.3, -0.25) is 14.5 Å². The Labute approximate surface area is 183 Å². The van der Waals surface area contributed by atoms with Crippen LogP contribution in [0.2, 0.25) is 0 Å². The number of carbonyl (C=O) groups excluding carboxylic acids is 2. The zero-order valence-corrected chi connectivity index (χ0v) is 19.2. The number of benzene rings is 1. The normalized spacial score (nSPS) is 16.5. The van der Waals surface area contributed by atoms with E-state index in [0.29, 0.717) is 18.1 Å². The van der Waals surface area contributed by atoms with Gasteiger partial charge in [0.05, 0.1) is 12.2 Å². The predicted octanol–water partition coefficient (Wildman–Crippen LogP) is 3.81. The van der Waals surface area contributed by atoms with Crippen LogP contribution >= 0.6 is 27.3 Å². The number of hydrogen-bond acceptors (Lipinski definition) is 6. The number of thiazole rings is 1. The smallest absolute Gasteiger partial charge is 0.320 e. The van der Waals surface area contributed by atoms with Crippen molar-refractivity contribution < 1.29 is 14.3 Å². The number of ether oxygens (including phenoxy) is 1. The van der Waals surface area contributed by atoms with Crippen molar-refractivity contribution in [2.45, 2.75) is 45.8 Å². The molecule has 0 spiro atoms. The first-order chi connectivity index (χ1) is 13.7. The summed E-state index contributed by atoms with van der Waals surface area (Å²) >= 11 is 5.02. The molecular weight excluding hydrogens is 454 g/mol. The van der Waals surface area contributed by atoms with E-state index in [2.05, 4.69) is 25.8 Å². The molecule has 3 heterocycles. The number of esters is 1. The first kappa shape index (κ1) is 20.5. The largest absolute Gasteiger partial charge is 0.459 e. The topological polar surface area (TPSA) is 62.7 Å². The molecule has 0 bridgehead atoms. The maximum absolute atomic E-state index is 13.1. The summed E-state index contributed by atoms with van der Waals surface area (Å²) in [6, 6.07) is 5.95. The second-order valence-corrected chi connectivity index (χ2v) is 10.3. The summed E-state index contributed by atoms with van der Waals surface area (Å²) < 4.78 is 6.47. The molecule has 154 valence electrons. The van der Waals surface area contributed by atoms with Crippen molar-refractivity contribution in [1.29, 1.82) is 0 Å². The molecule has 0 N–H and O–H groups in total. The minimum atomic E-state index is -0.483. The summed E-state index contributed by atoms with van der Waals surface area (Å²) in [4.78, 5) is 34.8. The van der Waals surface area contributed by atoms with Crippen LogP contribution in [0.15, 0.2) is 22.7 Å². The molecule has 29 heavy (non-hydrogen) atoms. The van der Waals surface area contributed by atoms with Crippen LogP contribution in [0.4, 0.5) is 5.69 Å². The molecule has 1 amide bonds. The third-order valence-electron chi connectivity index (χ3n) is 4.98. The fourth-order valence-electron chi connectivity index (χ4n) is 3.75. The van der Waals surface area contributed by atoms with Crippen LogP contribution in [0.5, 0.6) is 0 Å². The highest BCUT2D eigenvalue weighted by atomic mass is 79.9. The number of hydrogen-bond donors (Lipinski definition) is 0. The van der Waals surface area contributed by atoms with Gasteiger partial charge in [0.25, 0.3) is 5.91 Å². The second-order valence-electron chi connectivity index (χ2n) is 8.38. The maximum atomic E-state index is 13.1. The molecule has 0 unspecified atom stereocenters. The van der Waals surface area contributed by atoms with Gasteiger partial charge in [-0.05, 0) is 44.9 Å². The van der Waals surface area contributed by atoms with Crippen molar-refractivity contribution in [1.82, 2.24) is 9.88 Å². The Balaban J connectivity index is 1.46. The zero-order chi connectivity index (χ0) is 20.8. The number of nitrogens with zero attached hydrogens (tertiary/aromatic N) is 3. The number of rotatable bonds is 3. The summed E-state index contributed by atoms with van der Waals surface area (Å²) in [7, 11) is 0. The van der Waals surface area contributed by atoms with Crippen molar-refractivity contribution in [3.63, 3.8) is 0 Å². The van der Waals surface area contributed by atoms with Gasteiger partial charge in [-0.1, -0.05) is 22.0 Å². The van der Waals surface area contributed by atoms with E-state index >= 15 is 0 Å². The molecule has 6 nitrogen and oxygen atoms in total. The molecule has 8 heteroatoms. The lowest BCUT2D eigenvalue weighted by molar-refractivity contribution is -0.156. The molecule has 1 aromatic carbocycles. The average molecular weight is 478 g/mol. The van der Waals surface area contributed by atoms with Crippen LogP contribution in [0.3, 0.4) is 0 Å². The summed E-state index contributed by atoms with van der Waals surface area (Å²) in [6.07, 6.45) is 1.58. The highest BCUT2D eigenvalue weighted by molar-refractivity contribution is 9.10. The van der Waals surface area contributed by atoms with Crippen LogP contribution in [0, 0.1) is 0 Å². The van der Waals surface area contributed by atoms with Crippen molar-refractivity contribution in [3.05, 3.63) is 43.8 Å².